The van der Waals surface area contributed by atoms with Crippen molar-refractivity contribution in [2.75, 3.05) is 6.61 Å². The number of alkyl halides is 3. The van der Waals surface area contributed by atoms with Crippen LogP contribution in [-0.2, 0) is 19.1 Å². The molecule has 90 valence electrons. The Bertz CT molecular complexity index is 382. The fourth-order valence-electron chi connectivity index (χ4n) is 1.36. The second kappa shape index (κ2) is 4.69. The van der Waals surface area contributed by atoms with Crippen LogP contribution in [0.2, 0.25) is 0 Å². The third-order valence-electron chi connectivity index (χ3n) is 1.92. The zero-order valence-corrected chi connectivity index (χ0v) is 8.88. The Balaban J connectivity index is 3.05. The average molecular weight is 234 g/mol. The molecule has 16 heavy (non-hydrogen) atoms. The Morgan fingerprint density at radius 3 is 2.62 bits per heavy atom. The topological polar surface area (TPSA) is 38.0 Å². The highest BCUT2D eigenvalue weighted by molar-refractivity contribution is 5.20. The van der Waals surface area contributed by atoms with E-state index >= 15 is 0 Å². The van der Waals surface area contributed by atoms with Gasteiger partial charge in [-0.15, -0.1) is 0 Å². The summed E-state index contributed by atoms with van der Waals surface area (Å²) < 4.78 is 38.8. The minimum atomic E-state index is -4.48. The molecule has 0 atom stereocenters. The van der Waals surface area contributed by atoms with Crippen LogP contribution < -0.4 is 0 Å². The molecule has 0 aliphatic carbocycles. The van der Waals surface area contributed by atoms with Crippen LogP contribution >= 0.6 is 0 Å². The van der Waals surface area contributed by atoms with E-state index in [1.807, 2.05) is 0 Å². The zero-order chi connectivity index (χ0) is 12.3. The number of halogens is 3. The number of aliphatic hydroxyl groups excluding tert-OH is 1. The Morgan fingerprint density at radius 1 is 1.56 bits per heavy atom. The van der Waals surface area contributed by atoms with Gasteiger partial charge in [-0.1, -0.05) is 12.2 Å². The summed E-state index contributed by atoms with van der Waals surface area (Å²) >= 11 is 0. The molecule has 3 nitrogen and oxygen atoms in total. The fraction of sp³-hybridized carbons (Fsp3) is 0.500. The first-order chi connectivity index (χ1) is 7.34. The van der Waals surface area contributed by atoms with Gasteiger partial charge in [-0.05, 0) is 13.3 Å². The first kappa shape index (κ1) is 12.8. The third-order valence-corrected chi connectivity index (χ3v) is 1.92. The summed E-state index contributed by atoms with van der Waals surface area (Å²) in [5.41, 5.74) is -0.203. The van der Waals surface area contributed by atoms with Crippen LogP contribution in [0.4, 0.5) is 13.2 Å². The van der Waals surface area contributed by atoms with E-state index in [0.717, 1.165) is 0 Å². The maximum absolute atomic E-state index is 12.5. The van der Waals surface area contributed by atoms with Crippen molar-refractivity contribution < 1.29 is 18.3 Å². The van der Waals surface area contributed by atoms with Gasteiger partial charge in [-0.25, -0.2) is 0 Å². The van der Waals surface area contributed by atoms with Crippen LogP contribution in [0.5, 0.6) is 0 Å². The number of aliphatic hydroxyl groups is 1. The van der Waals surface area contributed by atoms with E-state index in [-0.39, 0.29) is 25.1 Å². The second-order valence-corrected chi connectivity index (χ2v) is 3.63. The second-order valence-electron chi connectivity index (χ2n) is 3.63. The van der Waals surface area contributed by atoms with Crippen molar-refractivity contribution in [3.8, 4) is 0 Å². The largest absolute Gasteiger partial charge is 0.435 e. The van der Waals surface area contributed by atoms with Gasteiger partial charge in [0.2, 0.25) is 0 Å². The summed E-state index contributed by atoms with van der Waals surface area (Å²) in [6.45, 7) is 5.23. The van der Waals surface area contributed by atoms with Gasteiger partial charge in [0.1, 0.15) is 0 Å². The van der Waals surface area contributed by atoms with Gasteiger partial charge in [-0.2, -0.15) is 18.3 Å². The molecule has 1 rings (SSSR count). The van der Waals surface area contributed by atoms with Crippen LogP contribution in [-0.4, -0.2) is 21.5 Å². The molecule has 0 spiro atoms. The normalized spacial score (nSPS) is 11.8. The highest BCUT2D eigenvalue weighted by atomic mass is 19.4. The summed E-state index contributed by atoms with van der Waals surface area (Å²) in [4.78, 5) is 0. The Hall–Kier alpha value is -1.30. The van der Waals surface area contributed by atoms with E-state index < -0.39 is 11.9 Å². The molecule has 0 aliphatic rings. The minimum Gasteiger partial charge on any atom is -0.396 e. The van der Waals surface area contributed by atoms with Crippen molar-refractivity contribution in [1.29, 1.82) is 0 Å². The Kier molecular flexibility index (Phi) is 3.74. The van der Waals surface area contributed by atoms with Gasteiger partial charge < -0.3 is 5.11 Å². The summed E-state index contributed by atoms with van der Waals surface area (Å²) in [5, 5.41) is 12.1. The molecule has 1 heterocycles. The molecule has 1 aromatic rings. The van der Waals surface area contributed by atoms with E-state index in [0.29, 0.717) is 5.57 Å². The molecule has 0 radical (unpaired) electrons. The van der Waals surface area contributed by atoms with Crippen LogP contribution in [0, 0.1) is 0 Å². The first-order valence-corrected chi connectivity index (χ1v) is 4.73. The van der Waals surface area contributed by atoms with Gasteiger partial charge in [-0.3, -0.25) is 4.68 Å². The highest BCUT2D eigenvalue weighted by Gasteiger charge is 2.36. The lowest BCUT2D eigenvalue weighted by Crippen LogP contribution is -2.10. The van der Waals surface area contributed by atoms with Crippen molar-refractivity contribution in [2.45, 2.75) is 26.1 Å². The molecule has 1 aromatic heterocycles. The molecule has 0 amide bonds. The van der Waals surface area contributed by atoms with Gasteiger partial charge in [0.15, 0.2) is 5.69 Å². The molecule has 6 heteroatoms. The maximum atomic E-state index is 12.5. The molecule has 0 saturated heterocycles. The monoisotopic (exact) mass is 234 g/mol. The van der Waals surface area contributed by atoms with Gasteiger partial charge in [0.25, 0.3) is 0 Å². The van der Waals surface area contributed by atoms with E-state index in [9.17, 15) is 13.2 Å². The predicted octanol–water partition coefficient (Wildman–Crippen LogP) is 2.01. The van der Waals surface area contributed by atoms with E-state index in [2.05, 4.69) is 11.7 Å². The Labute approximate surface area is 91.2 Å². The summed E-state index contributed by atoms with van der Waals surface area (Å²) in [6, 6.07) is 0. The molecule has 0 bridgehead atoms. The lowest BCUT2D eigenvalue weighted by atomic mass is 10.2. The molecular formula is C10H13F3N2O. The number of allylic oxidation sites excluding steroid dienone is 1. The molecule has 1 N–H and O–H groups in total. The van der Waals surface area contributed by atoms with E-state index in [1.54, 1.807) is 6.92 Å². The molecule has 0 saturated carbocycles. The maximum Gasteiger partial charge on any atom is 0.435 e. The molecule has 0 fully saturated rings. The van der Waals surface area contributed by atoms with Crippen molar-refractivity contribution in [3.63, 3.8) is 0 Å². The molecule has 0 aliphatic heterocycles. The number of hydrogen-bond donors (Lipinski definition) is 1. The van der Waals surface area contributed by atoms with Crippen LogP contribution in [0.25, 0.3) is 0 Å². The van der Waals surface area contributed by atoms with Crippen molar-refractivity contribution in [3.05, 3.63) is 29.6 Å². The quantitative estimate of drug-likeness (QED) is 0.809. The third kappa shape index (κ3) is 3.10. The smallest absolute Gasteiger partial charge is 0.396 e. The summed E-state index contributed by atoms with van der Waals surface area (Å²) in [7, 11) is 0. The standard InChI is InChI=1S/C10H13F3N2O/c1-7(2)5-15-6-8(3-4-16)9(14-15)10(11,12)13/h6,16H,1,3-5H2,2H3. The summed E-state index contributed by atoms with van der Waals surface area (Å²) in [5.74, 6) is 0. The molecular weight excluding hydrogens is 221 g/mol. The molecule has 0 aromatic carbocycles. The number of rotatable bonds is 4. The van der Waals surface area contributed by atoms with E-state index in [4.69, 9.17) is 5.11 Å². The fourth-order valence-corrected chi connectivity index (χ4v) is 1.36. The minimum absolute atomic E-state index is 0.0104. The van der Waals surface area contributed by atoms with Gasteiger partial charge in [0, 0.05) is 18.4 Å². The van der Waals surface area contributed by atoms with Crippen LogP contribution in [0.1, 0.15) is 18.2 Å². The zero-order valence-electron chi connectivity index (χ0n) is 8.88. The number of nitrogens with zero attached hydrogens (tertiary/aromatic N) is 2. The SMILES string of the molecule is C=C(C)Cn1cc(CCO)c(C(F)(F)F)n1. The lowest BCUT2D eigenvalue weighted by Gasteiger charge is -2.04. The highest BCUT2D eigenvalue weighted by Crippen LogP contribution is 2.30. The average Bonchev–Trinajstić information content (AvgIpc) is 2.46. The van der Waals surface area contributed by atoms with Crippen molar-refractivity contribution in [2.24, 2.45) is 0 Å². The lowest BCUT2D eigenvalue weighted by molar-refractivity contribution is -0.142. The summed E-state index contributed by atoms with van der Waals surface area (Å²) in [6.07, 6.45) is -3.23. The van der Waals surface area contributed by atoms with Crippen LogP contribution in [0.3, 0.4) is 0 Å². The Morgan fingerprint density at radius 2 is 2.19 bits per heavy atom. The van der Waals surface area contributed by atoms with E-state index in [1.165, 1.54) is 10.9 Å². The van der Waals surface area contributed by atoms with Crippen LogP contribution in [0.15, 0.2) is 18.3 Å². The predicted molar refractivity (Wildman–Crippen MR) is 52.8 cm³/mol. The molecule has 0 unspecified atom stereocenters. The van der Waals surface area contributed by atoms with Gasteiger partial charge >= 0.3 is 6.18 Å². The first-order valence-electron chi connectivity index (χ1n) is 4.73. The number of hydrogen-bond acceptors (Lipinski definition) is 2. The van der Waals surface area contributed by atoms with Gasteiger partial charge in [0.05, 0.1) is 6.54 Å². The van der Waals surface area contributed by atoms with Crippen molar-refractivity contribution >= 4 is 0 Å². The van der Waals surface area contributed by atoms with Crippen molar-refractivity contribution in [1.82, 2.24) is 9.78 Å². The number of aromatic nitrogens is 2.